The van der Waals surface area contributed by atoms with Crippen molar-refractivity contribution < 1.29 is 0 Å². The van der Waals surface area contributed by atoms with Crippen LogP contribution in [-0.4, -0.2) is 24.0 Å². The minimum Gasteiger partial charge on any atom is -0.300 e. The summed E-state index contributed by atoms with van der Waals surface area (Å²) in [6, 6.07) is 0.806. The van der Waals surface area contributed by atoms with Crippen LogP contribution >= 0.6 is 0 Å². The van der Waals surface area contributed by atoms with Gasteiger partial charge in [-0.3, -0.25) is 0 Å². The molecule has 1 nitrogen and oxygen atoms in total. The molecule has 0 N–H and O–H groups in total. The first kappa shape index (κ1) is 13.0. The number of piperidine rings is 1. The average molecular weight is 211 g/mol. The molecular formula is C14H29N. The monoisotopic (exact) mass is 211 g/mol. The zero-order chi connectivity index (χ0) is 11.4. The molecule has 1 fully saturated rings. The Kier molecular flexibility index (Phi) is 5.11. The fraction of sp³-hybridized carbons (Fsp3) is 1.00. The van der Waals surface area contributed by atoms with Gasteiger partial charge >= 0.3 is 0 Å². The molecule has 1 aliphatic rings. The summed E-state index contributed by atoms with van der Waals surface area (Å²) in [6.45, 7) is 14.5. The van der Waals surface area contributed by atoms with Crippen LogP contribution in [0.4, 0.5) is 0 Å². The standard InChI is InChI=1S/C14H29N/c1-6-12(4)10-15-8-7-14(11(2)3)9-13(15)5/h11-14H,6-10H2,1-5H3. The van der Waals surface area contributed by atoms with E-state index in [4.69, 9.17) is 0 Å². The fourth-order valence-electron chi connectivity index (χ4n) is 2.66. The van der Waals surface area contributed by atoms with Crippen molar-refractivity contribution in [1.82, 2.24) is 4.90 Å². The molecule has 1 saturated heterocycles. The Morgan fingerprint density at radius 3 is 2.40 bits per heavy atom. The molecule has 0 aromatic carbocycles. The predicted molar refractivity (Wildman–Crippen MR) is 68.1 cm³/mol. The molecule has 15 heavy (non-hydrogen) atoms. The van der Waals surface area contributed by atoms with E-state index in [0.29, 0.717) is 0 Å². The van der Waals surface area contributed by atoms with Crippen LogP contribution in [0.1, 0.15) is 53.9 Å². The number of likely N-dealkylation sites (tertiary alicyclic amines) is 1. The molecule has 3 atom stereocenters. The Balaban J connectivity index is 2.38. The smallest absolute Gasteiger partial charge is 0.00697 e. The van der Waals surface area contributed by atoms with E-state index in [9.17, 15) is 0 Å². The van der Waals surface area contributed by atoms with Crippen molar-refractivity contribution in [2.45, 2.75) is 59.9 Å². The fourth-order valence-corrected chi connectivity index (χ4v) is 2.66. The van der Waals surface area contributed by atoms with E-state index in [0.717, 1.165) is 23.8 Å². The van der Waals surface area contributed by atoms with Gasteiger partial charge in [-0.2, -0.15) is 0 Å². The van der Waals surface area contributed by atoms with Gasteiger partial charge in [0, 0.05) is 12.6 Å². The summed E-state index contributed by atoms with van der Waals surface area (Å²) in [5, 5.41) is 0. The molecule has 0 bridgehead atoms. The summed E-state index contributed by atoms with van der Waals surface area (Å²) < 4.78 is 0. The van der Waals surface area contributed by atoms with E-state index in [-0.39, 0.29) is 0 Å². The third-order valence-corrected chi connectivity index (χ3v) is 4.24. The van der Waals surface area contributed by atoms with Crippen molar-refractivity contribution in [2.24, 2.45) is 17.8 Å². The lowest BCUT2D eigenvalue weighted by atomic mass is 9.83. The van der Waals surface area contributed by atoms with Crippen LogP contribution in [-0.2, 0) is 0 Å². The summed E-state index contributed by atoms with van der Waals surface area (Å²) in [7, 11) is 0. The van der Waals surface area contributed by atoms with E-state index in [1.165, 1.54) is 32.4 Å². The summed E-state index contributed by atoms with van der Waals surface area (Å²) in [4.78, 5) is 2.70. The quantitative estimate of drug-likeness (QED) is 0.684. The highest BCUT2D eigenvalue weighted by Gasteiger charge is 2.27. The molecule has 0 saturated carbocycles. The molecule has 0 spiro atoms. The molecule has 0 aromatic rings. The van der Waals surface area contributed by atoms with E-state index >= 15 is 0 Å². The lowest BCUT2D eigenvalue weighted by molar-refractivity contribution is 0.0893. The molecule has 1 aliphatic heterocycles. The Morgan fingerprint density at radius 2 is 1.93 bits per heavy atom. The number of hydrogen-bond donors (Lipinski definition) is 0. The third-order valence-electron chi connectivity index (χ3n) is 4.24. The van der Waals surface area contributed by atoms with E-state index in [1.54, 1.807) is 0 Å². The number of hydrogen-bond acceptors (Lipinski definition) is 1. The minimum absolute atomic E-state index is 0.806. The zero-order valence-corrected chi connectivity index (χ0v) is 11.3. The Labute approximate surface area is 96.2 Å². The lowest BCUT2D eigenvalue weighted by Crippen LogP contribution is -2.43. The van der Waals surface area contributed by atoms with Crippen LogP contribution in [0.25, 0.3) is 0 Å². The maximum absolute atomic E-state index is 2.70. The molecule has 0 aromatic heterocycles. The molecule has 1 heteroatoms. The number of rotatable bonds is 4. The van der Waals surface area contributed by atoms with Gasteiger partial charge in [0.1, 0.15) is 0 Å². The highest BCUT2D eigenvalue weighted by Crippen LogP contribution is 2.29. The normalized spacial score (nSPS) is 30.8. The van der Waals surface area contributed by atoms with Gasteiger partial charge in [-0.25, -0.2) is 0 Å². The Morgan fingerprint density at radius 1 is 1.27 bits per heavy atom. The van der Waals surface area contributed by atoms with Crippen LogP contribution in [0.5, 0.6) is 0 Å². The molecular weight excluding hydrogens is 182 g/mol. The Hall–Kier alpha value is -0.0400. The van der Waals surface area contributed by atoms with Gasteiger partial charge in [0.15, 0.2) is 0 Å². The molecule has 1 heterocycles. The van der Waals surface area contributed by atoms with E-state index in [2.05, 4.69) is 39.5 Å². The maximum atomic E-state index is 2.70. The summed E-state index contributed by atoms with van der Waals surface area (Å²) >= 11 is 0. The van der Waals surface area contributed by atoms with Gasteiger partial charge in [0.2, 0.25) is 0 Å². The molecule has 1 rings (SSSR count). The molecule has 0 radical (unpaired) electrons. The van der Waals surface area contributed by atoms with Crippen LogP contribution in [0.2, 0.25) is 0 Å². The lowest BCUT2D eigenvalue weighted by Gasteiger charge is -2.40. The van der Waals surface area contributed by atoms with E-state index in [1.807, 2.05) is 0 Å². The molecule has 0 aliphatic carbocycles. The highest BCUT2D eigenvalue weighted by atomic mass is 15.2. The van der Waals surface area contributed by atoms with Crippen LogP contribution in [0.3, 0.4) is 0 Å². The van der Waals surface area contributed by atoms with Crippen molar-refractivity contribution in [1.29, 1.82) is 0 Å². The van der Waals surface area contributed by atoms with Crippen molar-refractivity contribution in [3.63, 3.8) is 0 Å². The van der Waals surface area contributed by atoms with Crippen molar-refractivity contribution in [2.75, 3.05) is 13.1 Å². The summed E-state index contributed by atoms with van der Waals surface area (Å²) in [5.41, 5.74) is 0. The van der Waals surface area contributed by atoms with Gasteiger partial charge in [-0.05, 0) is 44.1 Å². The van der Waals surface area contributed by atoms with Crippen LogP contribution < -0.4 is 0 Å². The van der Waals surface area contributed by atoms with Crippen molar-refractivity contribution in [3.05, 3.63) is 0 Å². The van der Waals surface area contributed by atoms with Crippen LogP contribution in [0.15, 0.2) is 0 Å². The first-order chi connectivity index (χ1) is 7.04. The molecule has 3 unspecified atom stereocenters. The molecule has 0 amide bonds. The van der Waals surface area contributed by atoms with E-state index < -0.39 is 0 Å². The summed E-state index contributed by atoms with van der Waals surface area (Å²) in [6.07, 6.45) is 4.14. The third kappa shape index (κ3) is 3.79. The second kappa shape index (κ2) is 5.89. The second-order valence-corrected chi connectivity index (χ2v) is 5.89. The van der Waals surface area contributed by atoms with Crippen molar-refractivity contribution in [3.8, 4) is 0 Å². The van der Waals surface area contributed by atoms with Gasteiger partial charge in [-0.1, -0.05) is 34.1 Å². The number of nitrogens with zero attached hydrogens (tertiary/aromatic N) is 1. The molecule has 90 valence electrons. The van der Waals surface area contributed by atoms with Crippen molar-refractivity contribution >= 4 is 0 Å². The van der Waals surface area contributed by atoms with Crippen LogP contribution in [0, 0.1) is 17.8 Å². The SMILES string of the molecule is CCC(C)CN1CCC(C(C)C)CC1C. The minimum atomic E-state index is 0.806. The van der Waals surface area contributed by atoms with Gasteiger partial charge in [0.25, 0.3) is 0 Å². The van der Waals surface area contributed by atoms with Gasteiger partial charge in [-0.15, -0.1) is 0 Å². The largest absolute Gasteiger partial charge is 0.300 e. The Bertz CT molecular complexity index is 176. The predicted octanol–water partition coefficient (Wildman–Crippen LogP) is 3.79. The average Bonchev–Trinajstić information content (AvgIpc) is 2.20. The zero-order valence-electron chi connectivity index (χ0n) is 11.3. The topological polar surface area (TPSA) is 3.24 Å². The first-order valence-electron chi connectivity index (χ1n) is 6.78. The highest BCUT2D eigenvalue weighted by molar-refractivity contribution is 4.81. The van der Waals surface area contributed by atoms with Gasteiger partial charge in [0.05, 0.1) is 0 Å². The maximum Gasteiger partial charge on any atom is 0.00697 e. The summed E-state index contributed by atoms with van der Waals surface area (Å²) in [5.74, 6) is 2.70. The van der Waals surface area contributed by atoms with Gasteiger partial charge < -0.3 is 4.90 Å². The second-order valence-electron chi connectivity index (χ2n) is 5.89. The first-order valence-corrected chi connectivity index (χ1v) is 6.78.